The minimum Gasteiger partial charge on any atom is -0.316 e. The molecule has 98 valence electrons. The minimum absolute atomic E-state index is 0.243. The Morgan fingerprint density at radius 3 is 3.00 bits per heavy atom. The van der Waals surface area contributed by atoms with Gasteiger partial charge in [0.15, 0.2) is 0 Å². The first kappa shape index (κ1) is 12.1. The van der Waals surface area contributed by atoms with Gasteiger partial charge in [-0.1, -0.05) is 0 Å². The van der Waals surface area contributed by atoms with Crippen molar-refractivity contribution >= 4 is 0 Å². The second kappa shape index (κ2) is 4.59. The van der Waals surface area contributed by atoms with Gasteiger partial charge in [0.2, 0.25) is 0 Å². The van der Waals surface area contributed by atoms with Crippen molar-refractivity contribution in [2.75, 3.05) is 19.6 Å². The average molecular weight is 249 g/mol. The molecular weight excluding hydrogens is 229 g/mol. The van der Waals surface area contributed by atoms with Crippen LogP contribution in [0.25, 0.3) is 0 Å². The number of aromatic nitrogens is 1. The number of hydrogen-bond donors (Lipinski definition) is 1. The van der Waals surface area contributed by atoms with Crippen molar-refractivity contribution < 1.29 is 4.39 Å². The first-order valence-corrected chi connectivity index (χ1v) is 6.73. The van der Waals surface area contributed by atoms with Crippen LogP contribution in [-0.2, 0) is 0 Å². The quantitative estimate of drug-likeness (QED) is 0.866. The van der Waals surface area contributed by atoms with Gasteiger partial charge in [-0.25, -0.2) is 4.39 Å². The molecular formula is C14H20FN3. The van der Waals surface area contributed by atoms with Gasteiger partial charge >= 0.3 is 0 Å². The molecule has 1 aromatic rings. The molecule has 0 spiro atoms. The summed E-state index contributed by atoms with van der Waals surface area (Å²) in [6.07, 6.45) is 3.05. The first-order valence-electron chi connectivity index (χ1n) is 6.73. The molecule has 3 rings (SSSR count). The van der Waals surface area contributed by atoms with E-state index >= 15 is 0 Å². The summed E-state index contributed by atoms with van der Waals surface area (Å²) in [6, 6.07) is 2.41. The summed E-state index contributed by atoms with van der Waals surface area (Å²) in [6.45, 7) is 7.80. The van der Waals surface area contributed by atoms with Crippen molar-refractivity contribution in [3.8, 4) is 0 Å². The maximum absolute atomic E-state index is 13.3. The molecule has 1 N–H and O–H groups in total. The molecule has 2 saturated heterocycles. The number of halogens is 1. The summed E-state index contributed by atoms with van der Waals surface area (Å²) in [4.78, 5) is 6.45. The number of rotatable bonds is 2. The van der Waals surface area contributed by atoms with E-state index in [0.29, 0.717) is 6.04 Å². The predicted molar refractivity (Wildman–Crippen MR) is 68.6 cm³/mol. The Morgan fingerprint density at radius 1 is 1.44 bits per heavy atom. The van der Waals surface area contributed by atoms with Crippen LogP contribution in [0.4, 0.5) is 4.39 Å². The standard InChI is InChI=1S/C14H20FN3/c1-9(11-3-13(15)6-16-4-11)18-8-12-5-17-7-14(12)10(18)2/h3-4,6,9-10,12,14,17H,5,7-8H2,1-2H3. The third kappa shape index (κ3) is 1.93. The van der Waals surface area contributed by atoms with Crippen LogP contribution < -0.4 is 5.32 Å². The summed E-state index contributed by atoms with van der Waals surface area (Å²) in [5, 5.41) is 3.46. The molecule has 18 heavy (non-hydrogen) atoms. The Balaban J connectivity index is 1.79. The molecule has 4 unspecified atom stereocenters. The molecule has 0 aromatic carbocycles. The topological polar surface area (TPSA) is 28.2 Å². The second-order valence-electron chi connectivity index (χ2n) is 5.63. The number of nitrogens with zero attached hydrogens (tertiary/aromatic N) is 2. The second-order valence-corrected chi connectivity index (χ2v) is 5.63. The summed E-state index contributed by atoms with van der Waals surface area (Å²) in [7, 11) is 0. The van der Waals surface area contributed by atoms with Crippen molar-refractivity contribution in [3.63, 3.8) is 0 Å². The third-order valence-electron chi connectivity index (χ3n) is 4.69. The van der Waals surface area contributed by atoms with E-state index in [1.807, 2.05) is 0 Å². The smallest absolute Gasteiger partial charge is 0.141 e. The monoisotopic (exact) mass is 249 g/mol. The van der Waals surface area contributed by atoms with Gasteiger partial charge in [0, 0.05) is 24.8 Å². The van der Waals surface area contributed by atoms with Crippen molar-refractivity contribution in [2.45, 2.75) is 25.9 Å². The molecule has 3 nitrogen and oxygen atoms in total. The van der Waals surface area contributed by atoms with E-state index in [-0.39, 0.29) is 11.9 Å². The molecule has 4 heteroatoms. The predicted octanol–water partition coefficient (Wildman–Crippen LogP) is 1.82. The minimum atomic E-state index is -0.243. The molecule has 0 aliphatic carbocycles. The van der Waals surface area contributed by atoms with Crippen LogP contribution in [0.1, 0.15) is 25.5 Å². The molecule has 2 aliphatic heterocycles. The van der Waals surface area contributed by atoms with E-state index in [2.05, 4.69) is 29.0 Å². The van der Waals surface area contributed by atoms with Crippen LogP contribution in [0.2, 0.25) is 0 Å². The molecule has 0 saturated carbocycles. The fourth-order valence-corrected chi connectivity index (χ4v) is 3.56. The van der Waals surface area contributed by atoms with E-state index in [1.54, 1.807) is 12.3 Å². The van der Waals surface area contributed by atoms with Crippen LogP contribution in [0.15, 0.2) is 18.5 Å². The van der Waals surface area contributed by atoms with Gasteiger partial charge < -0.3 is 5.32 Å². The molecule has 0 amide bonds. The molecule has 3 heterocycles. The summed E-state index contributed by atoms with van der Waals surface area (Å²) in [5.74, 6) is 1.26. The fourth-order valence-electron chi connectivity index (χ4n) is 3.56. The molecule has 0 radical (unpaired) electrons. The highest BCUT2D eigenvalue weighted by Gasteiger charge is 2.43. The van der Waals surface area contributed by atoms with Gasteiger partial charge in [-0.05, 0) is 50.4 Å². The lowest BCUT2D eigenvalue weighted by Gasteiger charge is -2.30. The molecule has 2 fully saturated rings. The fraction of sp³-hybridized carbons (Fsp3) is 0.643. The van der Waals surface area contributed by atoms with E-state index in [0.717, 1.165) is 37.0 Å². The lowest BCUT2D eigenvalue weighted by Crippen LogP contribution is -2.35. The number of nitrogens with one attached hydrogen (secondary N) is 1. The van der Waals surface area contributed by atoms with E-state index in [4.69, 9.17) is 0 Å². The highest BCUT2D eigenvalue weighted by Crippen LogP contribution is 2.37. The zero-order chi connectivity index (χ0) is 12.7. The van der Waals surface area contributed by atoms with Crippen molar-refractivity contribution in [1.29, 1.82) is 0 Å². The number of pyridine rings is 1. The SMILES string of the molecule is CC(c1cncc(F)c1)N1CC2CNCC2C1C. The number of hydrogen-bond acceptors (Lipinski definition) is 3. The number of fused-ring (bicyclic) bond motifs is 1. The van der Waals surface area contributed by atoms with Crippen LogP contribution in [0.3, 0.4) is 0 Å². The van der Waals surface area contributed by atoms with Crippen molar-refractivity contribution in [2.24, 2.45) is 11.8 Å². The van der Waals surface area contributed by atoms with Crippen LogP contribution in [0.5, 0.6) is 0 Å². The third-order valence-corrected chi connectivity index (χ3v) is 4.69. The van der Waals surface area contributed by atoms with Crippen LogP contribution >= 0.6 is 0 Å². The van der Waals surface area contributed by atoms with E-state index in [9.17, 15) is 4.39 Å². The Bertz CT molecular complexity index is 437. The highest BCUT2D eigenvalue weighted by atomic mass is 19.1. The lowest BCUT2D eigenvalue weighted by molar-refractivity contribution is 0.182. The normalized spacial score (nSPS) is 33.6. The Labute approximate surface area is 107 Å². The summed E-state index contributed by atoms with van der Waals surface area (Å²) < 4.78 is 13.3. The highest BCUT2D eigenvalue weighted by molar-refractivity contribution is 5.16. The van der Waals surface area contributed by atoms with Crippen LogP contribution in [-0.4, -0.2) is 35.6 Å². The largest absolute Gasteiger partial charge is 0.316 e. The van der Waals surface area contributed by atoms with E-state index < -0.39 is 0 Å². The van der Waals surface area contributed by atoms with Gasteiger partial charge in [-0.2, -0.15) is 0 Å². The average Bonchev–Trinajstić information content (AvgIpc) is 2.92. The van der Waals surface area contributed by atoms with Crippen LogP contribution in [0, 0.1) is 17.7 Å². The lowest BCUT2D eigenvalue weighted by atomic mass is 9.95. The van der Waals surface area contributed by atoms with Crippen molar-refractivity contribution in [1.82, 2.24) is 15.2 Å². The van der Waals surface area contributed by atoms with Gasteiger partial charge in [-0.15, -0.1) is 0 Å². The Kier molecular flexibility index (Phi) is 3.08. The van der Waals surface area contributed by atoms with Gasteiger partial charge in [0.25, 0.3) is 0 Å². The first-order chi connectivity index (χ1) is 8.66. The molecule has 0 bridgehead atoms. The zero-order valence-corrected chi connectivity index (χ0v) is 10.9. The zero-order valence-electron chi connectivity index (χ0n) is 10.9. The van der Waals surface area contributed by atoms with Crippen molar-refractivity contribution in [3.05, 3.63) is 29.8 Å². The molecule has 4 atom stereocenters. The summed E-state index contributed by atoms with van der Waals surface area (Å²) in [5.41, 5.74) is 0.981. The maximum atomic E-state index is 13.3. The van der Waals surface area contributed by atoms with Gasteiger partial charge in [0.1, 0.15) is 5.82 Å². The summed E-state index contributed by atoms with van der Waals surface area (Å²) >= 11 is 0. The van der Waals surface area contributed by atoms with Gasteiger partial charge in [-0.3, -0.25) is 9.88 Å². The van der Waals surface area contributed by atoms with E-state index in [1.165, 1.54) is 6.20 Å². The number of likely N-dealkylation sites (tertiary alicyclic amines) is 1. The Hall–Kier alpha value is -1.00. The Morgan fingerprint density at radius 2 is 2.28 bits per heavy atom. The van der Waals surface area contributed by atoms with Gasteiger partial charge in [0.05, 0.1) is 6.20 Å². The maximum Gasteiger partial charge on any atom is 0.141 e. The molecule has 1 aromatic heterocycles. The molecule has 2 aliphatic rings.